The number of halogens is 2. The molecule has 88 valence electrons. The molecule has 1 aromatic heterocycles. The normalized spacial score (nSPS) is 10.1. The van der Waals surface area contributed by atoms with Crippen molar-refractivity contribution in [2.45, 2.75) is 0 Å². The Hall–Kier alpha value is -1.07. The van der Waals surface area contributed by atoms with E-state index in [1.807, 2.05) is 43.4 Å². The van der Waals surface area contributed by atoms with Crippen molar-refractivity contribution >= 4 is 49.2 Å². The van der Waals surface area contributed by atoms with Crippen molar-refractivity contribution in [2.24, 2.45) is 0 Å². The Morgan fingerprint density at radius 1 is 1.06 bits per heavy atom. The Bertz CT molecular complexity index is 529. The van der Waals surface area contributed by atoms with E-state index in [1.54, 1.807) is 0 Å². The van der Waals surface area contributed by atoms with E-state index < -0.39 is 0 Å². The molecule has 0 bridgehead atoms. The molecule has 0 aliphatic heterocycles. The third-order valence-corrected chi connectivity index (χ3v) is 3.38. The van der Waals surface area contributed by atoms with Crippen molar-refractivity contribution in [1.82, 2.24) is 4.98 Å². The van der Waals surface area contributed by atoms with Gasteiger partial charge in [-0.3, -0.25) is 0 Å². The van der Waals surface area contributed by atoms with E-state index in [0.717, 1.165) is 26.3 Å². The molecular formula is C12H11Br2N3. The van der Waals surface area contributed by atoms with E-state index in [4.69, 9.17) is 0 Å². The molecule has 5 heteroatoms. The molecule has 2 aromatic rings. The second-order valence-electron chi connectivity index (χ2n) is 3.41. The zero-order valence-electron chi connectivity index (χ0n) is 9.17. The van der Waals surface area contributed by atoms with Gasteiger partial charge in [0.25, 0.3) is 0 Å². The average molecular weight is 357 g/mol. The van der Waals surface area contributed by atoms with Crippen LogP contribution in [0.4, 0.5) is 17.3 Å². The highest BCUT2D eigenvalue weighted by Gasteiger charge is 2.02. The largest absolute Gasteiger partial charge is 0.373 e. The molecule has 0 aliphatic rings. The van der Waals surface area contributed by atoms with E-state index >= 15 is 0 Å². The number of hydrogen-bond acceptors (Lipinski definition) is 3. The molecule has 2 N–H and O–H groups in total. The Kier molecular flexibility index (Phi) is 4.02. The van der Waals surface area contributed by atoms with Crippen LogP contribution in [0, 0.1) is 0 Å². The van der Waals surface area contributed by atoms with Crippen molar-refractivity contribution in [2.75, 3.05) is 17.7 Å². The highest BCUT2D eigenvalue weighted by molar-refractivity contribution is 9.11. The number of aromatic nitrogens is 1. The molecule has 0 spiro atoms. The van der Waals surface area contributed by atoms with Crippen LogP contribution in [0.3, 0.4) is 0 Å². The number of nitrogens with one attached hydrogen (secondary N) is 2. The number of benzene rings is 1. The molecule has 0 saturated carbocycles. The Balaban J connectivity index is 2.27. The van der Waals surface area contributed by atoms with E-state index in [1.165, 1.54) is 0 Å². The van der Waals surface area contributed by atoms with E-state index in [9.17, 15) is 0 Å². The van der Waals surface area contributed by atoms with Crippen molar-refractivity contribution in [3.8, 4) is 0 Å². The first kappa shape index (κ1) is 12.4. The Labute approximate surface area is 117 Å². The zero-order valence-corrected chi connectivity index (χ0v) is 12.3. The highest BCUT2D eigenvalue weighted by atomic mass is 79.9. The number of anilines is 3. The summed E-state index contributed by atoms with van der Waals surface area (Å²) < 4.78 is 2.02. The molecular weight excluding hydrogens is 346 g/mol. The maximum absolute atomic E-state index is 4.40. The summed E-state index contributed by atoms with van der Waals surface area (Å²) >= 11 is 6.94. The molecule has 1 heterocycles. The van der Waals surface area contributed by atoms with Crippen LogP contribution in [0.25, 0.3) is 0 Å². The lowest BCUT2D eigenvalue weighted by atomic mass is 10.3. The van der Waals surface area contributed by atoms with Crippen LogP contribution >= 0.6 is 31.9 Å². The molecule has 0 unspecified atom stereocenters. The standard InChI is InChI=1S/C12H11Br2N3/c1-15-11-3-2-4-12(17-11)16-10-7-8(13)5-6-9(10)14/h2-7H,1H3,(H2,15,16,17). The van der Waals surface area contributed by atoms with Gasteiger partial charge in [-0.05, 0) is 46.3 Å². The van der Waals surface area contributed by atoms with Gasteiger partial charge in [0.1, 0.15) is 11.6 Å². The lowest BCUT2D eigenvalue weighted by Gasteiger charge is -2.09. The molecule has 0 radical (unpaired) electrons. The van der Waals surface area contributed by atoms with E-state index in [0.29, 0.717) is 0 Å². The Morgan fingerprint density at radius 3 is 2.59 bits per heavy atom. The third kappa shape index (κ3) is 3.20. The predicted octanol–water partition coefficient (Wildman–Crippen LogP) is 4.39. The monoisotopic (exact) mass is 355 g/mol. The topological polar surface area (TPSA) is 37.0 Å². The van der Waals surface area contributed by atoms with Gasteiger partial charge >= 0.3 is 0 Å². The minimum Gasteiger partial charge on any atom is -0.373 e. The molecule has 1 aromatic carbocycles. The summed E-state index contributed by atoms with van der Waals surface area (Å²) in [7, 11) is 1.85. The molecule has 3 nitrogen and oxygen atoms in total. The van der Waals surface area contributed by atoms with Gasteiger partial charge < -0.3 is 10.6 Å². The van der Waals surface area contributed by atoms with Gasteiger partial charge in [-0.1, -0.05) is 22.0 Å². The van der Waals surface area contributed by atoms with Gasteiger partial charge in [-0.25, -0.2) is 4.98 Å². The molecule has 0 aliphatic carbocycles. The quantitative estimate of drug-likeness (QED) is 0.856. The van der Waals surface area contributed by atoms with Crippen LogP contribution in [-0.2, 0) is 0 Å². The first-order valence-electron chi connectivity index (χ1n) is 5.06. The second-order valence-corrected chi connectivity index (χ2v) is 5.18. The van der Waals surface area contributed by atoms with E-state index in [2.05, 4.69) is 47.5 Å². The lowest BCUT2D eigenvalue weighted by molar-refractivity contribution is 1.27. The maximum Gasteiger partial charge on any atom is 0.132 e. The fourth-order valence-corrected chi connectivity index (χ4v) is 2.08. The zero-order chi connectivity index (χ0) is 12.3. The first-order valence-corrected chi connectivity index (χ1v) is 6.64. The van der Waals surface area contributed by atoms with Crippen LogP contribution in [0.1, 0.15) is 0 Å². The molecule has 0 fully saturated rings. The first-order chi connectivity index (χ1) is 8.19. The van der Waals surface area contributed by atoms with Gasteiger partial charge in [-0.15, -0.1) is 0 Å². The van der Waals surface area contributed by atoms with Gasteiger partial charge in [-0.2, -0.15) is 0 Å². The van der Waals surface area contributed by atoms with Crippen LogP contribution in [0.15, 0.2) is 45.3 Å². The van der Waals surface area contributed by atoms with Crippen LogP contribution in [-0.4, -0.2) is 12.0 Å². The minimum atomic E-state index is 0.802. The fraction of sp³-hybridized carbons (Fsp3) is 0.0833. The molecule has 0 atom stereocenters. The summed E-state index contributed by atoms with van der Waals surface area (Å²) in [5.74, 6) is 1.64. The summed E-state index contributed by atoms with van der Waals surface area (Å²) in [5.41, 5.74) is 0.972. The van der Waals surface area contributed by atoms with E-state index in [-0.39, 0.29) is 0 Å². The van der Waals surface area contributed by atoms with Crippen molar-refractivity contribution in [1.29, 1.82) is 0 Å². The fourth-order valence-electron chi connectivity index (χ4n) is 1.37. The summed E-state index contributed by atoms with van der Waals surface area (Å²) in [4.78, 5) is 4.40. The number of nitrogens with zero attached hydrogens (tertiary/aromatic N) is 1. The minimum absolute atomic E-state index is 0.802. The summed E-state index contributed by atoms with van der Waals surface area (Å²) in [5, 5.41) is 6.27. The molecule has 0 saturated heterocycles. The second kappa shape index (κ2) is 5.51. The average Bonchev–Trinajstić information content (AvgIpc) is 2.34. The number of rotatable bonds is 3. The van der Waals surface area contributed by atoms with Crippen LogP contribution in [0.5, 0.6) is 0 Å². The van der Waals surface area contributed by atoms with Crippen LogP contribution in [0.2, 0.25) is 0 Å². The SMILES string of the molecule is CNc1cccc(Nc2cc(Br)ccc2Br)n1. The van der Waals surface area contributed by atoms with Crippen molar-refractivity contribution < 1.29 is 0 Å². The molecule has 17 heavy (non-hydrogen) atoms. The van der Waals surface area contributed by atoms with Gasteiger partial charge in [0.2, 0.25) is 0 Å². The number of pyridine rings is 1. The Morgan fingerprint density at radius 2 is 1.82 bits per heavy atom. The summed E-state index contributed by atoms with van der Waals surface area (Å²) in [6.07, 6.45) is 0. The summed E-state index contributed by atoms with van der Waals surface area (Å²) in [6, 6.07) is 11.8. The third-order valence-electron chi connectivity index (χ3n) is 2.20. The number of hydrogen-bond donors (Lipinski definition) is 2. The smallest absolute Gasteiger partial charge is 0.132 e. The predicted molar refractivity (Wildman–Crippen MR) is 78.9 cm³/mol. The van der Waals surface area contributed by atoms with Gasteiger partial charge in [0.05, 0.1) is 5.69 Å². The van der Waals surface area contributed by atoms with Gasteiger partial charge in [0.15, 0.2) is 0 Å². The maximum atomic E-state index is 4.40. The van der Waals surface area contributed by atoms with Gasteiger partial charge in [0, 0.05) is 16.0 Å². The highest BCUT2D eigenvalue weighted by Crippen LogP contribution is 2.28. The molecule has 2 rings (SSSR count). The summed E-state index contributed by atoms with van der Waals surface area (Å²) in [6.45, 7) is 0. The van der Waals surface area contributed by atoms with Crippen molar-refractivity contribution in [3.05, 3.63) is 45.3 Å². The van der Waals surface area contributed by atoms with Crippen molar-refractivity contribution in [3.63, 3.8) is 0 Å². The lowest BCUT2D eigenvalue weighted by Crippen LogP contribution is -1.97. The molecule has 0 amide bonds. The van der Waals surface area contributed by atoms with Crippen LogP contribution < -0.4 is 10.6 Å².